The van der Waals surface area contributed by atoms with E-state index >= 15 is 0 Å². The molecule has 0 amide bonds. The smallest absolute Gasteiger partial charge is 0.0762 e. The summed E-state index contributed by atoms with van der Waals surface area (Å²) in [6, 6.07) is 0. The highest BCUT2D eigenvalue weighted by Crippen LogP contribution is 2.51. The Bertz CT molecular complexity index is 284. The third kappa shape index (κ3) is 2.45. The molecule has 0 spiro atoms. The lowest BCUT2D eigenvalue weighted by Crippen LogP contribution is -2.58. The molecule has 3 heteroatoms. The first kappa shape index (κ1) is 14.3. The summed E-state index contributed by atoms with van der Waals surface area (Å²) in [6.45, 7) is 5.62. The van der Waals surface area contributed by atoms with Crippen LogP contribution in [0.15, 0.2) is 0 Å². The molecule has 1 saturated carbocycles. The molecule has 0 radical (unpaired) electrons. The summed E-state index contributed by atoms with van der Waals surface area (Å²) < 4.78 is 5.61. The van der Waals surface area contributed by atoms with Crippen molar-refractivity contribution < 1.29 is 9.84 Å². The van der Waals surface area contributed by atoms with E-state index in [9.17, 15) is 5.11 Å². The topological polar surface area (TPSA) is 55.5 Å². The molecule has 106 valence electrons. The van der Waals surface area contributed by atoms with Crippen molar-refractivity contribution in [1.82, 2.24) is 0 Å². The highest BCUT2D eigenvalue weighted by atomic mass is 16.5. The molecule has 4 atom stereocenters. The Labute approximate surface area is 111 Å². The molecule has 3 N–H and O–H groups in total. The van der Waals surface area contributed by atoms with Gasteiger partial charge in [-0.25, -0.2) is 0 Å². The fourth-order valence-electron chi connectivity index (χ4n) is 4.18. The van der Waals surface area contributed by atoms with E-state index in [1.165, 1.54) is 19.3 Å². The average molecular weight is 255 g/mol. The molecule has 1 heterocycles. The highest BCUT2D eigenvalue weighted by Gasteiger charge is 2.52. The van der Waals surface area contributed by atoms with Crippen molar-refractivity contribution in [3.05, 3.63) is 0 Å². The lowest BCUT2D eigenvalue weighted by Gasteiger charge is -2.53. The second-order valence-electron chi connectivity index (χ2n) is 6.52. The first-order chi connectivity index (χ1) is 8.55. The van der Waals surface area contributed by atoms with Crippen LogP contribution < -0.4 is 5.73 Å². The van der Waals surface area contributed by atoms with E-state index in [0.717, 1.165) is 31.6 Å². The van der Waals surface area contributed by atoms with Gasteiger partial charge in [0.15, 0.2) is 0 Å². The van der Waals surface area contributed by atoms with Crippen molar-refractivity contribution in [1.29, 1.82) is 0 Å². The summed E-state index contributed by atoms with van der Waals surface area (Å²) in [6.07, 6.45) is 7.59. The molecular formula is C15H29NO2. The van der Waals surface area contributed by atoms with Gasteiger partial charge < -0.3 is 15.6 Å². The van der Waals surface area contributed by atoms with Gasteiger partial charge in [-0.05, 0) is 25.7 Å². The van der Waals surface area contributed by atoms with Gasteiger partial charge in [0.25, 0.3) is 0 Å². The predicted octanol–water partition coefficient (Wildman–Crippen LogP) is 2.46. The highest BCUT2D eigenvalue weighted by molar-refractivity contribution is 5.04. The summed E-state index contributed by atoms with van der Waals surface area (Å²) >= 11 is 0. The third-order valence-corrected chi connectivity index (χ3v) is 5.45. The van der Waals surface area contributed by atoms with Crippen molar-refractivity contribution in [2.24, 2.45) is 17.1 Å². The summed E-state index contributed by atoms with van der Waals surface area (Å²) in [5.41, 5.74) is 5.45. The Morgan fingerprint density at radius 1 is 1.33 bits per heavy atom. The van der Waals surface area contributed by atoms with Crippen LogP contribution in [0.25, 0.3) is 0 Å². The molecule has 1 aliphatic carbocycles. The number of ether oxygens (including phenoxy) is 1. The minimum Gasteiger partial charge on any atom is -0.389 e. The molecule has 2 rings (SSSR count). The van der Waals surface area contributed by atoms with Crippen molar-refractivity contribution in [2.75, 3.05) is 13.2 Å². The maximum Gasteiger partial charge on any atom is 0.0762 e. The van der Waals surface area contributed by atoms with Gasteiger partial charge >= 0.3 is 0 Å². The minimum absolute atomic E-state index is 0.0655. The maximum absolute atomic E-state index is 11.2. The molecule has 1 aliphatic heterocycles. The van der Waals surface area contributed by atoms with E-state index in [-0.39, 0.29) is 11.5 Å². The molecule has 0 bridgehead atoms. The average Bonchev–Trinajstić information content (AvgIpc) is 2.38. The van der Waals surface area contributed by atoms with Gasteiger partial charge in [-0.1, -0.05) is 26.2 Å². The summed E-state index contributed by atoms with van der Waals surface area (Å²) in [4.78, 5) is 0. The Morgan fingerprint density at radius 3 is 2.72 bits per heavy atom. The number of rotatable bonds is 3. The maximum atomic E-state index is 11.2. The second kappa shape index (κ2) is 5.48. The molecule has 0 aromatic heterocycles. The van der Waals surface area contributed by atoms with E-state index in [4.69, 9.17) is 10.5 Å². The molecule has 1 saturated heterocycles. The normalized spacial score (nSPS) is 46.0. The van der Waals surface area contributed by atoms with Crippen LogP contribution in [0.5, 0.6) is 0 Å². The summed E-state index contributed by atoms with van der Waals surface area (Å²) in [5.74, 6) is 0.740. The van der Waals surface area contributed by atoms with Gasteiger partial charge in [0.2, 0.25) is 0 Å². The van der Waals surface area contributed by atoms with Crippen LogP contribution in [0.2, 0.25) is 0 Å². The molecule has 0 aromatic rings. The van der Waals surface area contributed by atoms with Crippen LogP contribution in [-0.4, -0.2) is 30.0 Å². The Kier molecular flexibility index (Phi) is 4.35. The van der Waals surface area contributed by atoms with E-state index in [1.54, 1.807) is 0 Å². The molecule has 3 nitrogen and oxygen atoms in total. The van der Waals surface area contributed by atoms with Crippen LogP contribution in [-0.2, 0) is 4.74 Å². The quantitative estimate of drug-likeness (QED) is 0.814. The van der Waals surface area contributed by atoms with Gasteiger partial charge in [0, 0.05) is 31.4 Å². The van der Waals surface area contributed by atoms with Crippen molar-refractivity contribution in [2.45, 2.75) is 70.5 Å². The molecular weight excluding hydrogens is 226 g/mol. The number of aliphatic hydroxyl groups is 1. The number of hydrogen-bond donors (Lipinski definition) is 2. The lowest BCUT2D eigenvalue weighted by molar-refractivity contribution is -0.177. The SMILES string of the molecule is CCC1CCCC(CN)(C2(O)CCOC(C)C2)C1. The standard InChI is InChI=1S/C15H29NO2/c1-3-13-5-4-6-14(10-13,11-16)15(17)7-8-18-12(2)9-15/h12-13,17H,3-11,16H2,1-2H3. The molecule has 2 aliphatic rings. The zero-order chi connectivity index (χ0) is 13.2. The van der Waals surface area contributed by atoms with Gasteiger partial charge in [0.05, 0.1) is 11.7 Å². The largest absolute Gasteiger partial charge is 0.389 e. The van der Waals surface area contributed by atoms with E-state index in [0.29, 0.717) is 13.2 Å². The van der Waals surface area contributed by atoms with Gasteiger partial charge in [-0.15, -0.1) is 0 Å². The first-order valence-corrected chi connectivity index (χ1v) is 7.59. The third-order valence-electron chi connectivity index (χ3n) is 5.45. The first-order valence-electron chi connectivity index (χ1n) is 7.59. The molecule has 18 heavy (non-hydrogen) atoms. The van der Waals surface area contributed by atoms with Crippen LogP contribution in [0, 0.1) is 11.3 Å². The summed E-state index contributed by atoms with van der Waals surface area (Å²) in [7, 11) is 0. The monoisotopic (exact) mass is 255 g/mol. The minimum atomic E-state index is -0.604. The lowest BCUT2D eigenvalue weighted by atomic mass is 9.57. The van der Waals surface area contributed by atoms with E-state index < -0.39 is 5.60 Å². The van der Waals surface area contributed by atoms with Crippen molar-refractivity contribution in [3.63, 3.8) is 0 Å². The fraction of sp³-hybridized carbons (Fsp3) is 1.00. The zero-order valence-electron chi connectivity index (χ0n) is 12.0. The van der Waals surface area contributed by atoms with Gasteiger partial charge in [-0.3, -0.25) is 0 Å². The molecule has 2 fully saturated rings. The zero-order valence-corrected chi connectivity index (χ0v) is 12.0. The molecule has 0 aromatic carbocycles. The van der Waals surface area contributed by atoms with Crippen LogP contribution in [0.4, 0.5) is 0 Å². The van der Waals surface area contributed by atoms with Crippen LogP contribution >= 0.6 is 0 Å². The Balaban J connectivity index is 2.19. The van der Waals surface area contributed by atoms with E-state index in [1.807, 2.05) is 0 Å². The fourth-order valence-corrected chi connectivity index (χ4v) is 4.18. The van der Waals surface area contributed by atoms with Crippen LogP contribution in [0.1, 0.15) is 58.8 Å². The Hall–Kier alpha value is -0.120. The van der Waals surface area contributed by atoms with Crippen molar-refractivity contribution in [3.8, 4) is 0 Å². The predicted molar refractivity (Wildman–Crippen MR) is 73.3 cm³/mol. The number of nitrogens with two attached hydrogens (primary N) is 1. The van der Waals surface area contributed by atoms with Gasteiger partial charge in [-0.2, -0.15) is 0 Å². The van der Waals surface area contributed by atoms with Gasteiger partial charge in [0.1, 0.15) is 0 Å². The Morgan fingerprint density at radius 2 is 2.11 bits per heavy atom. The summed E-state index contributed by atoms with van der Waals surface area (Å²) in [5, 5.41) is 11.2. The second-order valence-corrected chi connectivity index (χ2v) is 6.52. The number of hydrogen-bond acceptors (Lipinski definition) is 3. The molecule has 4 unspecified atom stereocenters. The van der Waals surface area contributed by atoms with E-state index in [2.05, 4.69) is 13.8 Å². The van der Waals surface area contributed by atoms with Crippen LogP contribution in [0.3, 0.4) is 0 Å². The van der Waals surface area contributed by atoms with Crippen molar-refractivity contribution >= 4 is 0 Å².